The highest BCUT2D eigenvalue weighted by Gasteiger charge is 2.15. The molecule has 154 valence electrons. The second-order valence-electron chi connectivity index (χ2n) is 5.95. The number of halogens is 1. The number of methoxy groups -OCH3 is 2. The third-order valence-electron chi connectivity index (χ3n) is 3.88. The van der Waals surface area contributed by atoms with Crippen molar-refractivity contribution < 1.29 is 28.6 Å². The van der Waals surface area contributed by atoms with E-state index in [1.165, 1.54) is 38.3 Å². The highest BCUT2D eigenvalue weighted by molar-refractivity contribution is 6.31. The smallest absolute Gasteiger partial charge is 0.337 e. The molecule has 0 spiro atoms. The van der Waals surface area contributed by atoms with Gasteiger partial charge in [-0.15, -0.1) is 0 Å². The molecule has 0 aliphatic rings. The first-order valence-electron chi connectivity index (χ1n) is 8.52. The van der Waals surface area contributed by atoms with Gasteiger partial charge in [-0.25, -0.2) is 4.79 Å². The zero-order valence-electron chi connectivity index (χ0n) is 16.2. The van der Waals surface area contributed by atoms with Crippen LogP contribution in [0, 0.1) is 0 Å². The molecule has 2 rings (SSSR count). The van der Waals surface area contributed by atoms with E-state index in [0.29, 0.717) is 27.8 Å². The van der Waals surface area contributed by atoms with Crippen LogP contribution in [0.4, 0.5) is 5.69 Å². The summed E-state index contributed by atoms with van der Waals surface area (Å²) in [7, 11) is 4.25. The number of carbonyl (C=O) groups excluding carboxylic acids is 3. The molecule has 2 aromatic carbocycles. The zero-order valence-corrected chi connectivity index (χ0v) is 17.0. The van der Waals surface area contributed by atoms with Gasteiger partial charge >= 0.3 is 5.97 Å². The minimum atomic E-state index is -0.463. The summed E-state index contributed by atoms with van der Waals surface area (Å²) in [6, 6.07) is 11.0. The molecule has 9 heteroatoms. The number of hydrogen-bond donors (Lipinski definition) is 1. The summed E-state index contributed by atoms with van der Waals surface area (Å²) in [5.74, 6) is -0.406. The van der Waals surface area contributed by atoms with Crippen LogP contribution in [-0.4, -0.2) is 57.1 Å². The Morgan fingerprint density at radius 1 is 1.07 bits per heavy atom. The fourth-order valence-electron chi connectivity index (χ4n) is 2.33. The first-order chi connectivity index (χ1) is 13.8. The Balaban J connectivity index is 1.86. The van der Waals surface area contributed by atoms with E-state index in [0.717, 1.165) is 0 Å². The quantitative estimate of drug-likeness (QED) is 0.660. The second kappa shape index (κ2) is 10.3. The van der Waals surface area contributed by atoms with Crippen LogP contribution in [0.15, 0.2) is 42.5 Å². The Morgan fingerprint density at radius 2 is 1.76 bits per heavy atom. The molecular formula is C20H21ClN2O6. The van der Waals surface area contributed by atoms with Gasteiger partial charge in [0, 0.05) is 12.1 Å². The van der Waals surface area contributed by atoms with Gasteiger partial charge in [-0.05, 0) is 42.5 Å². The van der Waals surface area contributed by atoms with Crippen molar-refractivity contribution in [3.05, 3.63) is 53.1 Å². The molecule has 0 radical (unpaired) electrons. The monoisotopic (exact) mass is 420 g/mol. The minimum absolute atomic E-state index is 0.181. The molecule has 0 bridgehead atoms. The standard InChI is InChI=1S/C20H21ClN2O6/c1-23(11-18(24)22-16-10-14(21)6-9-17(16)27-2)19(25)12-29-15-7-4-13(5-8-15)20(26)28-3/h4-10H,11-12H2,1-3H3,(H,22,24). The number of nitrogens with zero attached hydrogens (tertiary/aromatic N) is 1. The van der Waals surface area contributed by atoms with E-state index < -0.39 is 17.8 Å². The maximum atomic E-state index is 12.2. The molecule has 0 heterocycles. The normalized spacial score (nSPS) is 10.1. The van der Waals surface area contributed by atoms with Crippen molar-refractivity contribution in [3.63, 3.8) is 0 Å². The minimum Gasteiger partial charge on any atom is -0.495 e. The fraction of sp³-hybridized carbons (Fsp3) is 0.250. The SMILES string of the molecule is COC(=O)c1ccc(OCC(=O)N(C)CC(=O)Nc2cc(Cl)ccc2OC)cc1. The molecule has 0 atom stereocenters. The van der Waals surface area contributed by atoms with Gasteiger partial charge in [0.2, 0.25) is 5.91 Å². The van der Waals surface area contributed by atoms with Crippen molar-refractivity contribution in [3.8, 4) is 11.5 Å². The predicted molar refractivity (Wildman–Crippen MR) is 108 cm³/mol. The van der Waals surface area contributed by atoms with Crippen molar-refractivity contribution in [2.24, 2.45) is 0 Å². The molecule has 0 aromatic heterocycles. The topological polar surface area (TPSA) is 94.2 Å². The van der Waals surface area contributed by atoms with Crippen LogP contribution in [0.5, 0.6) is 11.5 Å². The van der Waals surface area contributed by atoms with Crippen LogP contribution in [0.1, 0.15) is 10.4 Å². The Hall–Kier alpha value is -3.26. The molecule has 8 nitrogen and oxygen atoms in total. The molecule has 0 aliphatic heterocycles. The van der Waals surface area contributed by atoms with E-state index in [4.69, 9.17) is 21.1 Å². The lowest BCUT2D eigenvalue weighted by Crippen LogP contribution is -2.37. The highest BCUT2D eigenvalue weighted by Crippen LogP contribution is 2.27. The van der Waals surface area contributed by atoms with E-state index >= 15 is 0 Å². The van der Waals surface area contributed by atoms with Crippen molar-refractivity contribution >= 4 is 35.1 Å². The summed E-state index contributed by atoms with van der Waals surface area (Å²) in [5.41, 5.74) is 0.782. The Bertz CT molecular complexity index is 885. The van der Waals surface area contributed by atoms with Crippen LogP contribution in [-0.2, 0) is 14.3 Å². The van der Waals surface area contributed by atoms with E-state index in [9.17, 15) is 14.4 Å². The van der Waals surface area contributed by atoms with Gasteiger partial charge in [0.25, 0.3) is 5.91 Å². The molecule has 1 N–H and O–H groups in total. The number of hydrogen-bond acceptors (Lipinski definition) is 6. The van der Waals surface area contributed by atoms with Crippen LogP contribution in [0.3, 0.4) is 0 Å². The number of nitrogens with one attached hydrogen (secondary N) is 1. The highest BCUT2D eigenvalue weighted by atomic mass is 35.5. The van der Waals surface area contributed by atoms with Gasteiger partial charge in [-0.3, -0.25) is 9.59 Å². The number of anilines is 1. The summed E-state index contributed by atoms with van der Waals surface area (Å²) in [6.45, 7) is -0.443. The number of ether oxygens (including phenoxy) is 3. The second-order valence-corrected chi connectivity index (χ2v) is 6.38. The Labute approximate surface area is 173 Å². The number of esters is 1. The average molecular weight is 421 g/mol. The largest absolute Gasteiger partial charge is 0.495 e. The molecule has 2 aromatic rings. The molecule has 29 heavy (non-hydrogen) atoms. The fourth-order valence-corrected chi connectivity index (χ4v) is 2.50. The van der Waals surface area contributed by atoms with Gasteiger partial charge in [-0.1, -0.05) is 11.6 Å². The Morgan fingerprint density at radius 3 is 2.38 bits per heavy atom. The summed E-state index contributed by atoms with van der Waals surface area (Å²) in [4.78, 5) is 37.1. The third-order valence-corrected chi connectivity index (χ3v) is 4.11. The number of rotatable bonds is 8. The van der Waals surface area contributed by atoms with Crippen molar-refractivity contribution in [1.82, 2.24) is 4.90 Å². The number of benzene rings is 2. The maximum absolute atomic E-state index is 12.2. The van der Waals surface area contributed by atoms with Gasteiger partial charge in [-0.2, -0.15) is 0 Å². The van der Waals surface area contributed by atoms with Gasteiger partial charge < -0.3 is 24.4 Å². The molecule has 0 fully saturated rings. The number of carbonyl (C=O) groups is 3. The summed E-state index contributed by atoms with van der Waals surface area (Å²) >= 11 is 5.93. The van der Waals surface area contributed by atoms with E-state index in [-0.39, 0.29) is 13.2 Å². The van der Waals surface area contributed by atoms with Crippen LogP contribution < -0.4 is 14.8 Å². The molecule has 0 aliphatic carbocycles. The molecule has 0 saturated heterocycles. The number of amides is 2. The summed E-state index contributed by atoms with van der Waals surface area (Å²) in [6.07, 6.45) is 0. The van der Waals surface area contributed by atoms with Crippen LogP contribution >= 0.6 is 11.6 Å². The first kappa shape index (κ1) is 22.0. The number of likely N-dealkylation sites (N-methyl/N-ethyl adjacent to an activating group) is 1. The molecule has 0 unspecified atom stereocenters. The lowest BCUT2D eigenvalue weighted by Gasteiger charge is -2.18. The van der Waals surface area contributed by atoms with Crippen molar-refractivity contribution in [1.29, 1.82) is 0 Å². The van der Waals surface area contributed by atoms with E-state index in [2.05, 4.69) is 10.1 Å². The van der Waals surface area contributed by atoms with Gasteiger partial charge in [0.05, 0.1) is 32.0 Å². The Kier molecular flexibility index (Phi) is 7.85. The maximum Gasteiger partial charge on any atom is 0.337 e. The third kappa shape index (κ3) is 6.39. The van der Waals surface area contributed by atoms with Crippen molar-refractivity contribution in [2.45, 2.75) is 0 Å². The molecule has 2 amide bonds. The van der Waals surface area contributed by atoms with Crippen LogP contribution in [0.25, 0.3) is 0 Å². The van der Waals surface area contributed by atoms with Gasteiger partial charge in [0.15, 0.2) is 6.61 Å². The lowest BCUT2D eigenvalue weighted by atomic mass is 10.2. The van der Waals surface area contributed by atoms with Crippen LogP contribution in [0.2, 0.25) is 5.02 Å². The van der Waals surface area contributed by atoms with Crippen molar-refractivity contribution in [2.75, 3.05) is 39.7 Å². The lowest BCUT2D eigenvalue weighted by molar-refractivity contribution is -0.135. The molecular weight excluding hydrogens is 400 g/mol. The van der Waals surface area contributed by atoms with E-state index in [1.54, 1.807) is 30.3 Å². The first-order valence-corrected chi connectivity index (χ1v) is 8.90. The summed E-state index contributed by atoms with van der Waals surface area (Å²) in [5, 5.41) is 3.10. The summed E-state index contributed by atoms with van der Waals surface area (Å²) < 4.78 is 15.2. The van der Waals surface area contributed by atoms with E-state index in [1.807, 2.05) is 0 Å². The zero-order chi connectivity index (χ0) is 21.4. The average Bonchev–Trinajstić information content (AvgIpc) is 2.71. The molecule has 0 saturated carbocycles. The van der Waals surface area contributed by atoms with Gasteiger partial charge in [0.1, 0.15) is 11.5 Å². The predicted octanol–water partition coefficient (Wildman–Crippen LogP) is 2.61.